The second kappa shape index (κ2) is 12.8. The Kier molecular flexibility index (Phi) is 9.34. The van der Waals surface area contributed by atoms with Crippen molar-refractivity contribution in [2.75, 3.05) is 19.2 Å². The molecule has 14 heteroatoms. The molecular formula is C28H27F4N3O6S. The lowest BCUT2D eigenvalue weighted by Gasteiger charge is -2.36. The molecule has 3 aromatic rings. The number of nitrogens with zero attached hydrogens (tertiary/aromatic N) is 2. The summed E-state index contributed by atoms with van der Waals surface area (Å²) >= 11 is 1.73. The van der Waals surface area contributed by atoms with Crippen molar-refractivity contribution >= 4 is 23.8 Å². The molecule has 5 rings (SSSR count). The van der Waals surface area contributed by atoms with Crippen LogP contribution < -0.4 is 15.6 Å². The summed E-state index contributed by atoms with van der Waals surface area (Å²) in [5.74, 6) is -0.955. The Bertz CT molecular complexity index is 1530. The number of methoxy groups -OCH3 is 1. The number of aromatic nitrogens is 1. The van der Waals surface area contributed by atoms with Gasteiger partial charge in [0.2, 0.25) is 17.5 Å². The van der Waals surface area contributed by atoms with E-state index in [1.807, 2.05) is 18.2 Å². The summed E-state index contributed by atoms with van der Waals surface area (Å²) in [5.41, 5.74) is 4.63. The minimum absolute atomic E-state index is 0.0715. The van der Waals surface area contributed by atoms with E-state index in [1.165, 1.54) is 23.6 Å². The number of benzene rings is 2. The van der Waals surface area contributed by atoms with Crippen LogP contribution in [0.15, 0.2) is 64.4 Å². The number of hydrogen-bond donors (Lipinski definition) is 1. The fourth-order valence-electron chi connectivity index (χ4n) is 4.26. The van der Waals surface area contributed by atoms with Gasteiger partial charge < -0.3 is 24.5 Å². The van der Waals surface area contributed by atoms with Gasteiger partial charge in [0.25, 0.3) is 5.91 Å². The molecule has 1 aromatic heterocycles. The molecule has 0 radical (unpaired) electrons. The molecule has 224 valence electrons. The topological polar surface area (TPSA) is 99.1 Å². The highest BCUT2D eigenvalue weighted by Crippen LogP contribution is 2.34. The predicted molar refractivity (Wildman–Crippen MR) is 145 cm³/mol. The van der Waals surface area contributed by atoms with Crippen LogP contribution in [-0.4, -0.2) is 53.9 Å². The van der Waals surface area contributed by atoms with Crippen molar-refractivity contribution < 1.29 is 41.4 Å². The molecule has 0 fully saturated rings. The van der Waals surface area contributed by atoms with Crippen molar-refractivity contribution in [1.82, 2.24) is 9.58 Å². The van der Waals surface area contributed by atoms with Crippen molar-refractivity contribution in [2.24, 2.45) is 0 Å². The van der Waals surface area contributed by atoms with Crippen molar-refractivity contribution in [2.45, 2.75) is 49.4 Å². The molecule has 0 saturated carbocycles. The van der Waals surface area contributed by atoms with Crippen LogP contribution in [0.2, 0.25) is 0 Å². The second-order valence-electron chi connectivity index (χ2n) is 9.24. The Morgan fingerprint density at radius 1 is 1.05 bits per heavy atom. The van der Waals surface area contributed by atoms with Gasteiger partial charge in [-0.25, -0.2) is 9.18 Å². The van der Waals surface area contributed by atoms with Gasteiger partial charge in [-0.1, -0.05) is 30.3 Å². The first-order valence-corrected chi connectivity index (χ1v) is 13.6. The molecule has 0 saturated heterocycles. The van der Waals surface area contributed by atoms with E-state index >= 15 is 0 Å². The number of halogens is 4. The number of nitrogens with one attached hydrogen (secondary N) is 1. The van der Waals surface area contributed by atoms with Crippen molar-refractivity contribution in [1.29, 1.82) is 0 Å². The Balaban J connectivity index is 0.000000214. The number of rotatable bonds is 4. The Labute approximate surface area is 242 Å². The fraction of sp³-hybridized carbons (Fsp3) is 0.321. The van der Waals surface area contributed by atoms with E-state index in [-0.39, 0.29) is 5.82 Å². The minimum Gasteiger partial charge on any atom is -0.448 e. The number of thioether (sulfide) groups is 1. The predicted octanol–water partition coefficient (Wildman–Crippen LogP) is 5.29. The summed E-state index contributed by atoms with van der Waals surface area (Å²) in [6, 6.07) is 12.7. The van der Waals surface area contributed by atoms with Crippen molar-refractivity contribution in [3.05, 3.63) is 93.2 Å². The summed E-state index contributed by atoms with van der Waals surface area (Å²) in [4.78, 5) is 37.5. The molecule has 0 spiro atoms. The second-order valence-corrected chi connectivity index (χ2v) is 10.3. The summed E-state index contributed by atoms with van der Waals surface area (Å²) < 4.78 is 67.7. The quantitative estimate of drug-likeness (QED) is 0.242. The Morgan fingerprint density at radius 3 is 2.48 bits per heavy atom. The monoisotopic (exact) mass is 609 g/mol. The third-order valence-corrected chi connectivity index (χ3v) is 7.67. The number of hydrogen-bond acceptors (Lipinski definition) is 8. The maximum atomic E-state index is 13.7. The van der Waals surface area contributed by atoms with Crippen LogP contribution in [0.3, 0.4) is 0 Å². The SMILES string of the molecule is COC(=O)OC(C)Oc1c2n(ccc1=O)NCN([C@H](C)C(F)(F)F)C2=O.Fc1cccc2c1CSc1ccccc1C2. The lowest BCUT2D eigenvalue weighted by molar-refractivity contribution is -0.172. The molecule has 0 bridgehead atoms. The molecular weight excluding hydrogens is 582 g/mol. The van der Waals surface area contributed by atoms with Crippen LogP contribution in [0, 0.1) is 5.82 Å². The van der Waals surface area contributed by atoms with Gasteiger partial charge in [-0.15, -0.1) is 11.8 Å². The smallest absolute Gasteiger partial charge is 0.448 e. The first-order valence-electron chi connectivity index (χ1n) is 12.7. The first kappa shape index (κ1) is 30.8. The van der Waals surface area contributed by atoms with Crippen LogP contribution in [0.5, 0.6) is 5.75 Å². The number of fused-ring (bicyclic) bond motifs is 3. The molecule has 2 aromatic carbocycles. The van der Waals surface area contributed by atoms with Gasteiger partial charge in [0.05, 0.1) is 7.11 Å². The summed E-state index contributed by atoms with van der Waals surface area (Å²) in [7, 11) is 1.05. The molecule has 3 heterocycles. The van der Waals surface area contributed by atoms with Crippen molar-refractivity contribution in [3.63, 3.8) is 0 Å². The standard InChI is InChI=1S/C14H16F3N3O6.C14H11FS/c1-7(14(15,16)17)19-6-18-20-5-4-9(21)11(10(20)12(19)22)25-8(2)26-13(23)24-3;15-13-6-3-5-10-8-11-4-1-2-7-14(11)16-9-12(10)13/h4-5,7-8,18H,6H2,1-3H3;1-7H,8-9H2/t7-,8?;/m1./s1. The zero-order valence-corrected chi connectivity index (χ0v) is 23.6. The number of pyridine rings is 1. The van der Waals surface area contributed by atoms with Gasteiger partial charge in [-0.3, -0.25) is 14.3 Å². The highest BCUT2D eigenvalue weighted by molar-refractivity contribution is 7.98. The van der Waals surface area contributed by atoms with Crippen LogP contribution in [0.25, 0.3) is 0 Å². The third-order valence-electron chi connectivity index (χ3n) is 6.52. The summed E-state index contributed by atoms with van der Waals surface area (Å²) in [6.45, 7) is 1.64. The molecule has 42 heavy (non-hydrogen) atoms. The van der Waals surface area contributed by atoms with Gasteiger partial charge in [0, 0.05) is 35.4 Å². The summed E-state index contributed by atoms with van der Waals surface area (Å²) in [5, 5.41) is 0. The number of amides is 1. The summed E-state index contributed by atoms with van der Waals surface area (Å²) in [6.07, 6.45) is -5.05. The van der Waals surface area contributed by atoms with E-state index in [1.54, 1.807) is 23.9 Å². The maximum absolute atomic E-state index is 13.7. The van der Waals surface area contributed by atoms with Crippen LogP contribution in [0.1, 0.15) is 41.0 Å². The molecule has 2 atom stereocenters. The zero-order chi connectivity index (χ0) is 30.6. The largest absolute Gasteiger partial charge is 0.511 e. The lowest BCUT2D eigenvalue weighted by atomic mass is 10.0. The number of alkyl halides is 3. The molecule has 2 aliphatic heterocycles. The fourth-order valence-corrected chi connectivity index (χ4v) is 5.39. The number of ether oxygens (including phenoxy) is 3. The number of carbonyl (C=O) groups excluding carboxylic acids is 2. The van der Waals surface area contributed by atoms with E-state index in [2.05, 4.69) is 27.0 Å². The number of carbonyl (C=O) groups is 2. The van der Waals surface area contributed by atoms with Crippen LogP contribution in [0.4, 0.5) is 22.4 Å². The first-order chi connectivity index (χ1) is 19.9. The average molecular weight is 610 g/mol. The van der Waals surface area contributed by atoms with Gasteiger partial charge in [0.15, 0.2) is 5.69 Å². The Morgan fingerprint density at radius 2 is 1.76 bits per heavy atom. The normalized spacial score (nSPS) is 15.3. The molecule has 1 N–H and O–H groups in total. The van der Waals surface area contributed by atoms with Gasteiger partial charge in [-0.05, 0) is 36.6 Å². The van der Waals surface area contributed by atoms with E-state index in [0.29, 0.717) is 4.90 Å². The van der Waals surface area contributed by atoms with Gasteiger partial charge in [0.1, 0.15) is 18.5 Å². The van der Waals surface area contributed by atoms with Crippen LogP contribution in [-0.2, 0) is 21.6 Å². The highest BCUT2D eigenvalue weighted by atomic mass is 32.2. The molecule has 9 nitrogen and oxygen atoms in total. The average Bonchev–Trinajstić information content (AvgIpc) is 3.14. The maximum Gasteiger partial charge on any atom is 0.511 e. The molecule has 0 aliphatic carbocycles. The van der Waals surface area contributed by atoms with E-state index in [4.69, 9.17) is 4.74 Å². The minimum atomic E-state index is -4.66. The van der Waals surface area contributed by atoms with Crippen molar-refractivity contribution in [3.8, 4) is 5.75 Å². The molecule has 1 amide bonds. The Hall–Kier alpha value is -4.20. The molecule has 2 aliphatic rings. The lowest BCUT2D eigenvalue weighted by Crippen LogP contribution is -2.54. The van der Waals surface area contributed by atoms with E-state index in [0.717, 1.165) is 48.1 Å². The van der Waals surface area contributed by atoms with Gasteiger partial charge >= 0.3 is 12.3 Å². The van der Waals surface area contributed by atoms with Gasteiger partial charge in [-0.2, -0.15) is 13.2 Å². The van der Waals surface area contributed by atoms with E-state index < -0.39 is 54.1 Å². The molecule has 1 unspecified atom stereocenters. The third kappa shape index (κ3) is 6.81. The van der Waals surface area contributed by atoms with E-state index in [9.17, 15) is 31.9 Å². The van der Waals surface area contributed by atoms with Crippen LogP contribution >= 0.6 is 11.8 Å². The zero-order valence-electron chi connectivity index (χ0n) is 22.7. The highest BCUT2D eigenvalue weighted by Gasteiger charge is 2.45.